The number of fused-ring (bicyclic) bond motifs is 1. The van der Waals surface area contributed by atoms with E-state index in [1.54, 1.807) is 7.11 Å². The number of H-pyrrole nitrogens is 1. The molecule has 2 N–H and O–H groups in total. The van der Waals surface area contributed by atoms with Gasteiger partial charge in [0.25, 0.3) is 0 Å². The first kappa shape index (κ1) is 21.7. The summed E-state index contributed by atoms with van der Waals surface area (Å²) in [4.78, 5) is 7.97. The summed E-state index contributed by atoms with van der Waals surface area (Å²) in [6.45, 7) is 1.87. The fraction of sp³-hybridized carbons (Fsp3) is 0.208. The van der Waals surface area contributed by atoms with Crippen molar-refractivity contribution < 1.29 is 9.47 Å². The number of halogens is 2. The van der Waals surface area contributed by atoms with Crippen molar-refractivity contribution in [3.8, 4) is 11.5 Å². The molecule has 0 saturated carbocycles. The zero-order valence-electron chi connectivity index (χ0n) is 17.1. The number of aromatic amines is 1. The first-order valence-corrected chi connectivity index (χ1v) is 11.2. The molecule has 0 fully saturated rings. The lowest BCUT2D eigenvalue weighted by Gasteiger charge is -2.15. The number of nitrogens with one attached hydrogen (secondary N) is 2. The van der Waals surface area contributed by atoms with Crippen molar-refractivity contribution in [3.05, 3.63) is 87.1 Å². The first-order chi connectivity index (χ1) is 15.1. The highest BCUT2D eigenvalue weighted by Gasteiger charge is 2.11. The van der Waals surface area contributed by atoms with E-state index >= 15 is 0 Å². The number of imidazole rings is 1. The van der Waals surface area contributed by atoms with Gasteiger partial charge in [0.2, 0.25) is 0 Å². The predicted octanol–water partition coefficient (Wildman–Crippen LogP) is 5.90. The molecule has 0 spiro atoms. The lowest BCUT2D eigenvalue weighted by molar-refractivity contribution is 0.284. The highest BCUT2D eigenvalue weighted by molar-refractivity contribution is 9.10. The van der Waals surface area contributed by atoms with Crippen LogP contribution in [0.3, 0.4) is 0 Å². The van der Waals surface area contributed by atoms with Gasteiger partial charge < -0.3 is 19.8 Å². The van der Waals surface area contributed by atoms with Gasteiger partial charge in [-0.2, -0.15) is 0 Å². The van der Waals surface area contributed by atoms with Crippen molar-refractivity contribution in [2.45, 2.75) is 19.6 Å². The molecule has 0 atom stereocenters. The van der Waals surface area contributed by atoms with Crippen LogP contribution in [0.15, 0.2) is 65.1 Å². The highest BCUT2D eigenvalue weighted by Crippen LogP contribution is 2.34. The zero-order chi connectivity index (χ0) is 21.6. The van der Waals surface area contributed by atoms with Gasteiger partial charge in [0.15, 0.2) is 11.5 Å². The Balaban J connectivity index is 1.35. The number of aromatic nitrogens is 2. The summed E-state index contributed by atoms with van der Waals surface area (Å²) >= 11 is 9.87. The van der Waals surface area contributed by atoms with Crippen LogP contribution >= 0.6 is 27.5 Å². The molecule has 0 aliphatic carbocycles. The Morgan fingerprint density at radius 3 is 2.65 bits per heavy atom. The lowest BCUT2D eigenvalue weighted by atomic mass is 10.2. The van der Waals surface area contributed by atoms with Crippen molar-refractivity contribution in [3.63, 3.8) is 0 Å². The summed E-state index contributed by atoms with van der Waals surface area (Å²) in [7, 11) is 1.64. The molecule has 7 heteroatoms. The van der Waals surface area contributed by atoms with Gasteiger partial charge in [0.1, 0.15) is 12.4 Å². The quantitative estimate of drug-likeness (QED) is 0.281. The number of benzene rings is 3. The van der Waals surface area contributed by atoms with E-state index in [1.807, 2.05) is 60.7 Å². The number of rotatable bonds is 9. The van der Waals surface area contributed by atoms with Crippen LogP contribution in [0.25, 0.3) is 11.0 Å². The molecule has 4 aromatic rings. The van der Waals surface area contributed by atoms with Gasteiger partial charge in [0.05, 0.1) is 18.1 Å². The summed E-state index contributed by atoms with van der Waals surface area (Å²) in [5.74, 6) is 2.33. The Morgan fingerprint density at radius 1 is 1.03 bits per heavy atom. The molecule has 3 aromatic carbocycles. The van der Waals surface area contributed by atoms with Crippen molar-refractivity contribution in [2.75, 3.05) is 13.7 Å². The van der Waals surface area contributed by atoms with Crippen LogP contribution in [-0.2, 0) is 19.6 Å². The molecule has 1 heterocycles. The Morgan fingerprint density at radius 2 is 1.84 bits per heavy atom. The minimum absolute atomic E-state index is 0.373. The zero-order valence-corrected chi connectivity index (χ0v) is 19.5. The van der Waals surface area contributed by atoms with E-state index in [1.165, 1.54) is 0 Å². The van der Waals surface area contributed by atoms with Gasteiger partial charge in [-0.1, -0.05) is 57.9 Å². The fourth-order valence-electron chi connectivity index (χ4n) is 3.31. The largest absolute Gasteiger partial charge is 0.493 e. The van der Waals surface area contributed by atoms with Gasteiger partial charge >= 0.3 is 0 Å². The molecular weight excluding hydrogens is 478 g/mol. The SMILES string of the molecule is COc1cc(CNCCc2nc3ccccc3[nH]2)c(Br)cc1OCc1ccccc1Cl. The first-order valence-electron chi connectivity index (χ1n) is 10.0. The number of nitrogens with zero attached hydrogens (tertiary/aromatic N) is 1. The fourth-order valence-corrected chi connectivity index (χ4v) is 3.96. The molecule has 31 heavy (non-hydrogen) atoms. The molecule has 0 aliphatic rings. The minimum Gasteiger partial charge on any atom is -0.493 e. The molecule has 0 unspecified atom stereocenters. The molecule has 0 amide bonds. The second kappa shape index (κ2) is 10.2. The maximum absolute atomic E-state index is 6.22. The van der Waals surface area contributed by atoms with E-state index in [-0.39, 0.29) is 0 Å². The third-order valence-corrected chi connectivity index (χ3v) is 6.07. The number of ether oxygens (including phenoxy) is 2. The molecule has 1 aromatic heterocycles. The Hall–Kier alpha value is -2.54. The molecule has 0 aliphatic heterocycles. The van der Waals surface area contributed by atoms with Crippen LogP contribution in [0.5, 0.6) is 11.5 Å². The Kier molecular flexibility index (Phi) is 7.12. The highest BCUT2D eigenvalue weighted by atomic mass is 79.9. The smallest absolute Gasteiger partial charge is 0.162 e. The summed E-state index contributed by atoms with van der Waals surface area (Å²) in [5.41, 5.74) is 4.08. The number of methoxy groups -OCH3 is 1. The van der Waals surface area contributed by atoms with Crippen LogP contribution in [0.4, 0.5) is 0 Å². The molecule has 160 valence electrons. The van der Waals surface area contributed by atoms with Gasteiger partial charge in [-0.05, 0) is 35.9 Å². The third kappa shape index (κ3) is 5.39. The molecule has 0 saturated heterocycles. The van der Waals surface area contributed by atoms with E-state index in [0.29, 0.717) is 29.7 Å². The summed E-state index contributed by atoms with van der Waals surface area (Å²) < 4.78 is 12.5. The molecule has 5 nitrogen and oxygen atoms in total. The summed E-state index contributed by atoms with van der Waals surface area (Å²) in [6.07, 6.45) is 0.822. The summed E-state index contributed by atoms with van der Waals surface area (Å²) in [5, 5.41) is 4.15. The standard InChI is InChI=1S/C24H23BrClN3O2/c1-30-22-12-17(14-27-11-10-24-28-20-8-4-5-9-21(20)29-24)18(25)13-23(22)31-15-16-6-2-3-7-19(16)26/h2-9,12-13,27H,10-11,14-15H2,1H3,(H,28,29). The van der Waals surface area contributed by atoms with Gasteiger partial charge in [-0.25, -0.2) is 4.98 Å². The van der Waals surface area contributed by atoms with E-state index in [0.717, 1.165) is 45.4 Å². The van der Waals surface area contributed by atoms with Crippen LogP contribution in [0.2, 0.25) is 5.02 Å². The normalized spacial score (nSPS) is 11.1. The second-order valence-corrected chi connectivity index (χ2v) is 8.36. The van der Waals surface area contributed by atoms with E-state index in [9.17, 15) is 0 Å². The number of hydrogen-bond donors (Lipinski definition) is 2. The predicted molar refractivity (Wildman–Crippen MR) is 128 cm³/mol. The van der Waals surface area contributed by atoms with Crippen LogP contribution in [-0.4, -0.2) is 23.6 Å². The molecule has 0 radical (unpaired) electrons. The lowest BCUT2D eigenvalue weighted by Crippen LogP contribution is -2.17. The number of para-hydroxylation sites is 2. The minimum atomic E-state index is 0.373. The van der Waals surface area contributed by atoms with Crippen molar-refractivity contribution >= 4 is 38.6 Å². The van der Waals surface area contributed by atoms with Gasteiger partial charge in [0, 0.05) is 34.6 Å². The monoisotopic (exact) mass is 499 g/mol. The topological polar surface area (TPSA) is 59.2 Å². The van der Waals surface area contributed by atoms with Crippen molar-refractivity contribution in [1.29, 1.82) is 0 Å². The molecule has 0 bridgehead atoms. The van der Waals surface area contributed by atoms with Gasteiger partial charge in [-0.3, -0.25) is 0 Å². The maximum atomic E-state index is 6.22. The average Bonchev–Trinajstić information content (AvgIpc) is 3.20. The van der Waals surface area contributed by atoms with Crippen LogP contribution < -0.4 is 14.8 Å². The van der Waals surface area contributed by atoms with Crippen LogP contribution in [0.1, 0.15) is 17.0 Å². The maximum Gasteiger partial charge on any atom is 0.162 e. The average molecular weight is 501 g/mol. The van der Waals surface area contributed by atoms with E-state index < -0.39 is 0 Å². The van der Waals surface area contributed by atoms with Gasteiger partial charge in [-0.15, -0.1) is 0 Å². The van der Waals surface area contributed by atoms with Crippen molar-refractivity contribution in [2.24, 2.45) is 0 Å². The van der Waals surface area contributed by atoms with E-state index in [4.69, 9.17) is 21.1 Å². The second-order valence-electron chi connectivity index (χ2n) is 7.10. The Bertz CT molecular complexity index is 1150. The molecular formula is C24H23BrClN3O2. The molecule has 4 rings (SSSR count). The number of hydrogen-bond acceptors (Lipinski definition) is 4. The van der Waals surface area contributed by atoms with Crippen molar-refractivity contribution in [1.82, 2.24) is 15.3 Å². The Labute approximate surface area is 194 Å². The summed E-state index contributed by atoms with van der Waals surface area (Å²) in [6, 6.07) is 19.6. The third-order valence-electron chi connectivity index (χ3n) is 4.97. The van der Waals surface area contributed by atoms with Crippen LogP contribution in [0, 0.1) is 0 Å². The van der Waals surface area contributed by atoms with E-state index in [2.05, 4.69) is 31.2 Å².